The van der Waals surface area contributed by atoms with Crippen LogP contribution in [0.3, 0.4) is 0 Å². The molecule has 1 aromatic heterocycles. The zero-order valence-corrected chi connectivity index (χ0v) is 17.8. The van der Waals surface area contributed by atoms with Crippen molar-refractivity contribution in [2.24, 2.45) is 12.1 Å². The Morgan fingerprint density at radius 3 is 2.52 bits per heavy atom. The van der Waals surface area contributed by atoms with E-state index in [-0.39, 0.29) is 11.3 Å². The molecule has 0 unspecified atom stereocenters. The maximum atomic E-state index is 12.6. The molecule has 8 nitrogen and oxygen atoms in total. The van der Waals surface area contributed by atoms with Gasteiger partial charge in [0, 0.05) is 30.0 Å². The fraction of sp³-hybridized carbons (Fsp3) is 0.200. The number of hydrazone groups is 1. The highest BCUT2D eigenvalue weighted by atomic mass is 32.2. The average Bonchev–Trinajstić information content (AvgIpc) is 3.18. The number of benzene rings is 2. The Bertz CT molecular complexity index is 1110. The number of carbonyl (C=O) groups excluding carboxylic acids is 1. The number of nitrogens with one attached hydrogen (secondary N) is 1. The Kier molecular flexibility index (Phi) is 8.24. The number of hydrogen-bond donors (Lipinski definition) is 1. The molecule has 0 saturated carbocycles. The van der Waals surface area contributed by atoms with Gasteiger partial charge in [0.25, 0.3) is 5.91 Å². The van der Waals surface area contributed by atoms with Gasteiger partial charge in [-0.15, -0.1) is 10.2 Å². The predicted molar refractivity (Wildman–Crippen MR) is 112 cm³/mol. The van der Waals surface area contributed by atoms with Crippen LogP contribution in [0.4, 0.5) is 17.6 Å². The third-order valence-corrected chi connectivity index (χ3v) is 5.16. The summed E-state index contributed by atoms with van der Waals surface area (Å²) in [5, 5.41) is 12.3. The van der Waals surface area contributed by atoms with Crippen LogP contribution >= 0.6 is 11.8 Å². The van der Waals surface area contributed by atoms with Crippen molar-refractivity contribution in [2.45, 2.75) is 24.1 Å². The second-order valence-corrected chi connectivity index (χ2v) is 7.31. The number of thioether (sulfide) groups is 1. The number of halogens is 4. The second-order valence-electron chi connectivity index (χ2n) is 6.37. The molecule has 0 saturated heterocycles. The Morgan fingerprint density at radius 2 is 1.88 bits per heavy atom. The van der Waals surface area contributed by atoms with E-state index in [0.29, 0.717) is 11.3 Å². The highest BCUT2D eigenvalue weighted by molar-refractivity contribution is 7.98. The number of aromatic nitrogens is 3. The van der Waals surface area contributed by atoms with Gasteiger partial charge < -0.3 is 14.0 Å². The monoisotopic (exact) mass is 483 g/mol. The van der Waals surface area contributed by atoms with Crippen LogP contribution in [-0.4, -0.2) is 40.1 Å². The van der Waals surface area contributed by atoms with Gasteiger partial charge in [-0.2, -0.15) is 22.7 Å². The molecule has 1 heterocycles. The van der Waals surface area contributed by atoms with Crippen molar-refractivity contribution in [1.82, 2.24) is 20.2 Å². The van der Waals surface area contributed by atoms with Crippen molar-refractivity contribution in [3.05, 3.63) is 65.5 Å². The summed E-state index contributed by atoms with van der Waals surface area (Å²) in [6.45, 7) is -6.32. The van der Waals surface area contributed by atoms with Crippen LogP contribution in [0.15, 0.2) is 59.0 Å². The number of ether oxygens (including phenoxy) is 2. The van der Waals surface area contributed by atoms with Gasteiger partial charge in [0.2, 0.25) is 0 Å². The summed E-state index contributed by atoms with van der Waals surface area (Å²) >= 11 is 1.49. The number of rotatable bonds is 10. The molecular formula is C20H17F4N5O3S. The molecule has 0 spiro atoms. The smallest absolute Gasteiger partial charge is 0.387 e. The summed E-state index contributed by atoms with van der Waals surface area (Å²) in [7, 11) is 1.84. The van der Waals surface area contributed by atoms with Crippen LogP contribution < -0.4 is 14.9 Å². The summed E-state index contributed by atoms with van der Waals surface area (Å²) in [5.41, 5.74) is 3.57. The summed E-state index contributed by atoms with van der Waals surface area (Å²) in [4.78, 5) is 12.3. The minimum absolute atomic E-state index is 0.0216. The van der Waals surface area contributed by atoms with E-state index in [1.165, 1.54) is 17.8 Å². The third kappa shape index (κ3) is 7.20. The van der Waals surface area contributed by atoms with Gasteiger partial charge in [-0.05, 0) is 29.8 Å². The van der Waals surface area contributed by atoms with E-state index < -0.39 is 24.9 Å². The molecule has 33 heavy (non-hydrogen) atoms. The standard InChI is InChI=1S/C20H17F4N5O3S/c1-29-11-26-28-20(29)33-10-12-2-4-13(5-3-12)17(30)27-25-9-14-6-7-15(31-18(21)22)8-16(14)32-19(23)24/h2-9,11,18-19H,10H2,1H3,(H,27,30)/b25-9-. The molecule has 3 aromatic rings. The summed E-state index contributed by atoms with van der Waals surface area (Å²) in [5.74, 6) is -0.706. The maximum absolute atomic E-state index is 12.6. The van der Waals surface area contributed by atoms with Crippen molar-refractivity contribution in [1.29, 1.82) is 0 Å². The number of carbonyl (C=O) groups is 1. The first-order valence-corrected chi connectivity index (χ1v) is 10.2. The van der Waals surface area contributed by atoms with Crippen molar-refractivity contribution < 1.29 is 31.8 Å². The summed E-state index contributed by atoms with van der Waals surface area (Å²) < 4.78 is 60.1. The van der Waals surface area contributed by atoms with Crippen LogP contribution in [-0.2, 0) is 12.8 Å². The van der Waals surface area contributed by atoms with Gasteiger partial charge in [0.05, 0.1) is 6.21 Å². The number of hydrogen-bond acceptors (Lipinski definition) is 7. The molecule has 3 rings (SSSR count). The largest absolute Gasteiger partial charge is 0.435 e. The highest BCUT2D eigenvalue weighted by Crippen LogP contribution is 2.26. The van der Waals surface area contributed by atoms with Gasteiger partial charge in [0.15, 0.2) is 5.16 Å². The van der Waals surface area contributed by atoms with Gasteiger partial charge in [-0.1, -0.05) is 23.9 Å². The quantitative estimate of drug-likeness (QED) is 0.202. The van der Waals surface area contributed by atoms with E-state index >= 15 is 0 Å². The lowest BCUT2D eigenvalue weighted by Gasteiger charge is -2.10. The van der Waals surface area contributed by atoms with Crippen molar-refractivity contribution >= 4 is 23.9 Å². The molecule has 1 amide bonds. The van der Waals surface area contributed by atoms with E-state index in [1.807, 2.05) is 7.05 Å². The molecule has 0 aliphatic heterocycles. The van der Waals surface area contributed by atoms with Crippen LogP contribution in [0.25, 0.3) is 0 Å². The normalized spacial score (nSPS) is 11.4. The zero-order chi connectivity index (χ0) is 23.8. The molecule has 0 aliphatic carbocycles. The third-order valence-electron chi connectivity index (χ3n) is 4.05. The van der Waals surface area contributed by atoms with E-state index in [2.05, 4.69) is 30.2 Å². The molecule has 0 bridgehead atoms. The van der Waals surface area contributed by atoms with Gasteiger partial charge >= 0.3 is 13.2 Å². The molecule has 2 aromatic carbocycles. The Balaban J connectivity index is 1.60. The Labute approximate surface area is 189 Å². The first-order chi connectivity index (χ1) is 15.8. The summed E-state index contributed by atoms with van der Waals surface area (Å²) in [6, 6.07) is 9.97. The Morgan fingerprint density at radius 1 is 1.15 bits per heavy atom. The van der Waals surface area contributed by atoms with Gasteiger partial charge in [0.1, 0.15) is 17.8 Å². The lowest BCUT2D eigenvalue weighted by molar-refractivity contribution is -0.0543. The molecule has 0 aliphatic rings. The topological polar surface area (TPSA) is 90.6 Å². The van der Waals surface area contributed by atoms with Crippen molar-refractivity contribution in [3.63, 3.8) is 0 Å². The average molecular weight is 483 g/mol. The molecule has 13 heteroatoms. The lowest BCUT2D eigenvalue weighted by atomic mass is 10.1. The molecule has 174 valence electrons. The van der Waals surface area contributed by atoms with E-state index in [0.717, 1.165) is 29.1 Å². The molecular weight excluding hydrogens is 466 g/mol. The lowest BCUT2D eigenvalue weighted by Crippen LogP contribution is -2.17. The zero-order valence-electron chi connectivity index (χ0n) is 17.0. The molecule has 1 N–H and O–H groups in total. The minimum Gasteiger partial charge on any atom is -0.435 e. The number of aryl methyl sites for hydroxylation is 1. The summed E-state index contributed by atoms with van der Waals surface area (Å²) in [6.07, 6.45) is 2.65. The molecule has 0 radical (unpaired) electrons. The van der Waals surface area contributed by atoms with Gasteiger partial charge in [-0.3, -0.25) is 4.79 Å². The highest BCUT2D eigenvalue weighted by Gasteiger charge is 2.13. The van der Waals surface area contributed by atoms with E-state index in [1.54, 1.807) is 35.2 Å². The predicted octanol–water partition coefficient (Wildman–Crippen LogP) is 4.07. The first-order valence-electron chi connectivity index (χ1n) is 9.24. The van der Waals surface area contributed by atoms with Crippen LogP contribution in [0, 0.1) is 0 Å². The van der Waals surface area contributed by atoms with Crippen molar-refractivity contribution in [2.75, 3.05) is 0 Å². The van der Waals surface area contributed by atoms with Crippen LogP contribution in [0.5, 0.6) is 11.5 Å². The fourth-order valence-corrected chi connectivity index (χ4v) is 3.37. The number of alkyl halides is 4. The molecule has 0 atom stereocenters. The van der Waals surface area contributed by atoms with Crippen LogP contribution in [0.2, 0.25) is 0 Å². The fourth-order valence-electron chi connectivity index (χ4n) is 2.52. The van der Waals surface area contributed by atoms with Crippen LogP contribution in [0.1, 0.15) is 21.5 Å². The van der Waals surface area contributed by atoms with Gasteiger partial charge in [-0.25, -0.2) is 5.43 Å². The van der Waals surface area contributed by atoms with E-state index in [9.17, 15) is 22.4 Å². The number of amides is 1. The Hall–Kier alpha value is -3.61. The van der Waals surface area contributed by atoms with E-state index in [4.69, 9.17) is 0 Å². The SMILES string of the molecule is Cn1cnnc1SCc1ccc(C(=O)N/N=C\c2ccc(OC(F)F)cc2OC(F)F)cc1. The first kappa shape index (κ1) is 24.0. The van der Waals surface area contributed by atoms with Crippen molar-refractivity contribution in [3.8, 4) is 11.5 Å². The number of nitrogens with zero attached hydrogens (tertiary/aromatic N) is 4. The maximum Gasteiger partial charge on any atom is 0.387 e. The second kappa shape index (κ2) is 11.3. The minimum atomic E-state index is -3.20. The molecule has 0 fully saturated rings.